The van der Waals surface area contributed by atoms with Crippen LogP contribution in [0.25, 0.3) is 0 Å². The van der Waals surface area contributed by atoms with Gasteiger partial charge in [0.2, 0.25) is 5.91 Å². The third-order valence-corrected chi connectivity index (χ3v) is 3.29. The van der Waals surface area contributed by atoms with Crippen LogP contribution in [0.2, 0.25) is 0 Å². The molecule has 0 aromatic heterocycles. The Labute approximate surface area is 115 Å². The molecule has 0 fully saturated rings. The molecular formula is C14H28N2O3. The molecule has 0 heterocycles. The molecule has 1 amide bonds. The summed E-state index contributed by atoms with van der Waals surface area (Å²) in [6, 6.07) is -0.575. The van der Waals surface area contributed by atoms with Crippen molar-refractivity contribution in [3.63, 3.8) is 0 Å². The molecule has 0 saturated carbocycles. The summed E-state index contributed by atoms with van der Waals surface area (Å²) in [5, 5.41) is 11.8. The SMILES string of the molecule is CCC(C)C(N)C(=O)NCC(CC(C)(C)C)C(=O)O. The van der Waals surface area contributed by atoms with Gasteiger partial charge in [0.05, 0.1) is 12.0 Å². The average molecular weight is 272 g/mol. The first-order valence-electron chi connectivity index (χ1n) is 6.84. The third kappa shape index (κ3) is 7.15. The highest BCUT2D eigenvalue weighted by Crippen LogP contribution is 2.24. The van der Waals surface area contributed by atoms with E-state index in [9.17, 15) is 9.59 Å². The van der Waals surface area contributed by atoms with Crippen molar-refractivity contribution in [3.05, 3.63) is 0 Å². The Balaban J connectivity index is 4.41. The molecule has 4 N–H and O–H groups in total. The molecule has 5 nitrogen and oxygen atoms in total. The fourth-order valence-corrected chi connectivity index (χ4v) is 1.84. The van der Waals surface area contributed by atoms with Gasteiger partial charge >= 0.3 is 5.97 Å². The zero-order valence-corrected chi connectivity index (χ0v) is 12.7. The molecule has 0 radical (unpaired) electrons. The highest BCUT2D eigenvalue weighted by atomic mass is 16.4. The molecule has 0 aliphatic heterocycles. The topological polar surface area (TPSA) is 92.4 Å². The lowest BCUT2D eigenvalue weighted by atomic mass is 9.84. The molecule has 0 rings (SSSR count). The van der Waals surface area contributed by atoms with Gasteiger partial charge in [0, 0.05) is 6.54 Å². The molecule has 3 unspecified atom stereocenters. The number of carboxylic acid groups (broad SMARTS) is 1. The van der Waals surface area contributed by atoms with Gasteiger partial charge in [0.25, 0.3) is 0 Å². The van der Waals surface area contributed by atoms with Crippen LogP contribution in [0.1, 0.15) is 47.5 Å². The minimum absolute atomic E-state index is 0.0888. The predicted octanol–water partition coefficient (Wildman–Crippen LogP) is 1.61. The van der Waals surface area contributed by atoms with E-state index in [4.69, 9.17) is 10.8 Å². The summed E-state index contributed by atoms with van der Waals surface area (Å²) in [5.74, 6) is -1.64. The maximum absolute atomic E-state index is 11.8. The number of carbonyl (C=O) groups excluding carboxylic acids is 1. The molecule has 0 bridgehead atoms. The maximum atomic E-state index is 11.8. The van der Waals surface area contributed by atoms with Crippen molar-refractivity contribution in [2.24, 2.45) is 23.0 Å². The Morgan fingerprint density at radius 1 is 1.32 bits per heavy atom. The lowest BCUT2D eigenvalue weighted by molar-refractivity contribution is -0.142. The number of hydrogen-bond acceptors (Lipinski definition) is 3. The Morgan fingerprint density at radius 3 is 2.21 bits per heavy atom. The average Bonchev–Trinajstić information content (AvgIpc) is 2.30. The minimum Gasteiger partial charge on any atom is -0.481 e. The minimum atomic E-state index is -0.882. The van der Waals surface area contributed by atoms with Crippen LogP contribution in [0.15, 0.2) is 0 Å². The molecule has 0 aliphatic carbocycles. The van der Waals surface area contributed by atoms with Gasteiger partial charge in [-0.1, -0.05) is 41.0 Å². The quantitative estimate of drug-likeness (QED) is 0.656. The van der Waals surface area contributed by atoms with Crippen molar-refractivity contribution >= 4 is 11.9 Å². The second-order valence-electron chi connectivity index (χ2n) is 6.46. The van der Waals surface area contributed by atoms with E-state index in [2.05, 4.69) is 5.32 Å². The van der Waals surface area contributed by atoms with E-state index < -0.39 is 17.9 Å². The van der Waals surface area contributed by atoms with Crippen molar-refractivity contribution in [1.29, 1.82) is 0 Å². The van der Waals surface area contributed by atoms with E-state index in [-0.39, 0.29) is 23.8 Å². The van der Waals surface area contributed by atoms with Crippen LogP contribution in [0.3, 0.4) is 0 Å². The summed E-state index contributed by atoms with van der Waals surface area (Å²) in [7, 11) is 0. The first kappa shape index (κ1) is 17.9. The molecule has 0 spiro atoms. The highest BCUT2D eigenvalue weighted by Gasteiger charge is 2.26. The summed E-state index contributed by atoms with van der Waals surface area (Å²) in [6.07, 6.45) is 1.33. The van der Waals surface area contributed by atoms with Crippen LogP contribution in [0.4, 0.5) is 0 Å². The first-order valence-corrected chi connectivity index (χ1v) is 6.84. The molecule has 112 valence electrons. The van der Waals surface area contributed by atoms with Crippen LogP contribution in [0.5, 0.6) is 0 Å². The molecule has 0 aromatic carbocycles. The van der Waals surface area contributed by atoms with Gasteiger partial charge in [0.15, 0.2) is 0 Å². The van der Waals surface area contributed by atoms with Crippen molar-refractivity contribution in [3.8, 4) is 0 Å². The molecular weight excluding hydrogens is 244 g/mol. The second kappa shape index (κ2) is 7.48. The Kier molecular flexibility index (Phi) is 7.05. The van der Waals surface area contributed by atoms with Gasteiger partial charge < -0.3 is 16.2 Å². The van der Waals surface area contributed by atoms with E-state index in [1.54, 1.807) is 0 Å². The number of rotatable bonds is 7. The lowest BCUT2D eigenvalue weighted by Gasteiger charge is -2.24. The van der Waals surface area contributed by atoms with E-state index in [0.29, 0.717) is 6.42 Å². The van der Waals surface area contributed by atoms with E-state index in [1.807, 2.05) is 34.6 Å². The van der Waals surface area contributed by atoms with Gasteiger partial charge in [0.1, 0.15) is 0 Å². The smallest absolute Gasteiger partial charge is 0.308 e. The van der Waals surface area contributed by atoms with Crippen molar-refractivity contribution in [2.45, 2.75) is 53.5 Å². The van der Waals surface area contributed by atoms with Gasteiger partial charge in [-0.25, -0.2) is 0 Å². The van der Waals surface area contributed by atoms with Crippen molar-refractivity contribution < 1.29 is 14.7 Å². The largest absolute Gasteiger partial charge is 0.481 e. The standard InChI is InChI=1S/C14H28N2O3/c1-6-9(2)11(15)12(17)16-8-10(13(18)19)7-14(3,4)5/h9-11H,6-8,15H2,1-5H3,(H,16,17)(H,18,19). The summed E-state index contributed by atoms with van der Waals surface area (Å²) in [6.45, 7) is 9.96. The van der Waals surface area contributed by atoms with E-state index in [1.165, 1.54) is 0 Å². The highest BCUT2D eigenvalue weighted by molar-refractivity contribution is 5.82. The Bertz CT molecular complexity index is 310. The molecule has 19 heavy (non-hydrogen) atoms. The number of nitrogens with two attached hydrogens (primary N) is 1. The van der Waals surface area contributed by atoms with E-state index >= 15 is 0 Å². The van der Waals surface area contributed by atoms with Gasteiger partial charge in [-0.2, -0.15) is 0 Å². The Hall–Kier alpha value is -1.10. The molecule has 5 heteroatoms. The zero-order chi connectivity index (χ0) is 15.2. The second-order valence-corrected chi connectivity index (χ2v) is 6.46. The molecule has 0 aromatic rings. The van der Waals surface area contributed by atoms with Crippen LogP contribution in [-0.4, -0.2) is 29.6 Å². The van der Waals surface area contributed by atoms with Crippen LogP contribution < -0.4 is 11.1 Å². The van der Waals surface area contributed by atoms with Gasteiger partial charge in [-0.3, -0.25) is 9.59 Å². The Morgan fingerprint density at radius 2 is 1.84 bits per heavy atom. The monoisotopic (exact) mass is 272 g/mol. The summed E-state index contributed by atoms with van der Waals surface area (Å²) in [5.41, 5.74) is 5.71. The molecule has 0 aliphatic rings. The normalized spacial score (nSPS) is 16.5. The number of amides is 1. The summed E-state index contributed by atoms with van der Waals surface area (Å²) >= 11 is 0. The third-order valence-electron chi connectivity index (χ3n) is 3.29. The van der Waals surface area contributed by atoms with Crippen molar-refractivity contribution in [2.75, 3.05) is 6.54 Å². The van der Waals surface area contributed by atoms with Crippen molar-refractivity contribution in [1.82, 2.24) is 5.32 Å². The predicted molar refractivity (Wildman–Crippen MR) is 75.6 cm³/mol. The van der Waals surface area contributed by atoms with Crippen LogP contribution in [0, 0.1) is 17.3 Å². The summed E-state index contributed by atoms with van der Waals surface area (Å²) < 4.78 is 0. The van der Waals surface area contributed by atoms with Crippen LogP contribution in [-0.2, 0) is 9.59 Å². The first-order chi connectivity index (χ1) is 8.58. The lowest BCUT2D eigenvalue weighted by Crippen LogP contribution is -2.47. The number of carboxylic acids is 1. The number of nitrogens with one attached hydrogen (secondary N) is 1. The molecule has 3 atom stereocenters. The fraction of sp³-hybridized carbons (Fsp3) is 0.857. The number of carbonyl (C=O) groups is 2. The van der Waals surface area contributed by atoms with Crippen LogP contribution >= 0.6 is 0 Å². The van der Waals surface area contributed by atoms with E-state index in [0.717, 1.165) is 6.42 Å². The number of aliphatic carboxylic acids is 1. The molecule has 0 saturated heterocycles. The van der Waals surface area contributed by atoms with Gasteiger partial charge in [-0.15, -0.1) is 0 Å². The fourth-order valence-electron chi connectivity index (χ4n) is 1.84. The van der Waals surface area contributed by atoms with Gasteiger partial charge in [-0.05, 0) is 17.8 Å². The summed E-state index contributed by atoms with van der Waals surface area (Å²) in [4.78, 5) is 23.0. The zero-order valence-electron chi connectivity index (χ0n) is 12.7. The maximum Gasteiger partial charge on any atom is 0.308 e. The number of hydrogen-bond donors (Lipinski definition) is 3.